The summed E-state index contributed by atoms with van der Waals surface area (Å²) >= 11 is 0. The maximum Gasteiger partial charge on any atom is 0.272 e. The fourth-order valence-electron chi connectivity index (χ4n) is 2.13. The first-order valence-electron chi connectivity index (χ1n) is 5.22. The molecule has 2 heterocycles. The van der Waals surface area contributed by atoms with Crippen LogP contribution in [-0.2, 0) is 0 Å². The monoisotopic (exact) mass is 208 g/mol. The summed E-state index contributed by atoms with van der Waals surface area (Å²) in [5, 5.41) is 6.48. The lowest BCUT2D eigenvalue weighted by Crippen LogP contribution is -2.34. The van der Waals surface area contributed by atoms with Gasteiger partial charge in [0.2, 0.25) is 0 Å². The lowest BCUT2D eigenvalue weighted by molar-refractivity contribution is 0.0737. The van der Waals surface area contributed by atoms with Crippen LogP contribution in [0, 0.1) is 5.92 Å². The van der Waals surface area contributed by atoms with Gasteiger partial charge in [0.15, 0.2) is 0 Å². The van der Waals surface area contributed by atoms with Crippen molar-refractivity contribution in [2.45, 2.75) is 19.4 Å². The topological polar surface area (TPSA) is 75.0 Å². The number of carbonyl (C=O) groups is 1. The SMILES string of the molecule is CC1CC(CN)CN1C(=O)c1ccn[nH]1. The number of carbonyl (C=O) groups excluding carboxylic acids is 1. The first-order chi connectivity index (χ1) is 7.22. The molecule has 82 valence electrons. The standard InChI is InChI=1S/C10H16N4O/c1-7-4-8(5-11)6-14(7)10(15)9-2-3-12-13-9/h2-3,7-8H,4-6,11H2,1H3,(H,12,13). The van der Waals surface area contributed by atoms with Gasteiger partial charge in [-0.15, -0.1) is 0 Å². The van der Waals surface area contributed by atoms with Gasteiger partial charge < -0.3 is 10.6 Å². The van der Waals surface area contributed by atoms with E-state index < -0.39 is 0 Å². The maximum atomic E-state index is 12.0. The first kappa shape index (κ1) is 10.2. The minimum atomic E-state index is 0.0240. The minimum absolute atomic E-state index is 0.0240. The summed E-state index contributed by atoms with van der Waals surface area (Å²) in [7, 11) is 0. The smallest absolute Gasteiger partial charge is 0.272 e. The second-order valence-electron chi connectivity index (χ2n) is 4.11. The molecule has 0 aromatic carbocycles. The van der Waals surface area contributed by atoms with Gasteiger partial charge in [0, 0.05) is 18.8 Å². The zero-order valence-electron chi connectivity index (χ0n) is 8.81. The summed E-state index contributed by atoms with van der Waals surface area (Å²) in [6.07, 6.45) is 2.59. The second-order valence-corrected chi connectivity index (χ2v) is 4.11. The molecular formula is C10H16N4O. The van der Waals surface area contributed by atoms with E-state index in [1.165, 1.54) is 0 Å². The van der Waals surface area contributed by atoms with Crippen molar-refractivity contribution in [3.8, 4) is 0 Å². The Bertz CT molecular complexity index is 335. The Morgan fingerprint density at radius 3 is 3.13 bits per heavy atom. The van der Waals surface area contributed by atoms with Gasteiger partial charge in [0.25, 0.3) is 5.91 Å². The van der Waals surface area contributed by atoms with Gasteiger partial charge in [0.05, 0.1) is 0 Å². The molecule has 1 amide bonds. The lowest BCUT2D eigenvalue weighted by Gasteiger charge is -2.20. The van der Waals surface area contributed by atoms with Crippen LogP contribution in [0.3, 0.4) is 0 Å². The average molecular weight is 208 g/mol. The molecule has 5 nitrogen and oxygen atoms in total. The van der Waals surface area contributed by atoms with Crippen LogP contribution in [-0.4, -0.2) is 40.1 Å². The van der Waals surface area contributed by atoms with E-state index in [0.717, 1.165) is 13.0 Å². The van der Waals surface area contributed by atoms with Crippen molar-refractivity contribution in [2.24, 2.45) is 11.7 Å². The number of nitrogens with zero attached hydrogens (tertiary/aromatic N) is 2. The first-order valence-corrected chi connectivity index (χ1v) is 5.22. The quantitative estimate of drug-likeness (QED) is 0.730. The second kappa shape index (κ2) is 4.02. The Labute approximate surface area is 88.6 Å². The molecule has 1 aliphatic heterocycles. The fourth-order valence-corrected chi connectivity index (χ4v) is 2.13. The molecule has 1 aliphatic rings. The number of nitrogens with two attached hydrogens (primary N) is 1. The highest BCUT2D eigenvalue weighted by Gasteiger charge is 2.32. The maximum absolute atomic E-state index is 12.0. The summed E-state index contributed by atoms with van der Waals surface area (Å²) in [5.41, 5.74) is 6.17. The van der Waals surface area contributed by atoms with Crippen LogP contribution >= 0.6 is 0 Å². The normalized spacial score (nSPS) is 25.9. The van der Waals surface area contributed by atoms with Crippen molar-refractivity contribution in [2.75, 3.05) is 13.1 Å². The number of amides is 1. The molecule has 1 aromatic heterocycles. The van der Waals surface area contributed by atoms with Crippen LogP contribution in [0.4, 0.5) is 0 Å². The molecule has 5 heteroatoms. The molecular weight excluding hydrogens is 192 g/mol. The summed E-state index contributed by atoms with van der Waals surface area (Å²) in [5.74, 6) is 0.461. The predicted molar refractivity (Wildman–Crippen MR) is 56.2 cm³/mol. The third-order valence-corrected chi connectivity index (χ3v) is 2.99. The summed E-state index contributed by atoms with van der Waals surface area (Å²) < 4.78 is 0. The van der Waals surface area contributed by atoms with Crippen molar-refractivity contribution < 1.29 is 4.79 Å². The van der Waals surface area contributed by atoms with E-state index in [2.05, 4.69) is 17.1 Å². The van der Waals surface area contributed by atoms with Crippen molar-refractivity contribution in [3.63, 3.8) is 0 Å². The molecule has 0 bridgehead atoms. The third-order valence-electron chi connectivity index (χ3n) is 2.99. The number of aromatic amines is 1. The molecule has 2 atom stereocenters. The van der Waals surface area contributed by atoms with Crippen molar-refractivity contribution >= 4 is 5.91 Å². The molecule has 15 heavy (non-hydrogen) atoms. The number of H-pyrrole nitrogens is 1. The summed E-state index contributed by atoms with van der Waals surface area (Å²) in [6, 6.07) is 1.97. The van der Waals surface area contributed by atoms with Crippen molar-refractivity contribution in [1.29, 1.82) is 0 Å². The minimum Gasteiger partial charge on any atom is -0.334 e. The molecule has 0 spiro atoms. The van der Waals surface area contributed by atoms with E-state index in [4.69, 9.17) is 5.73 Å². The molecule has 1 fully saturated rings. The van der Waals surface area contributed by atoms with Crippen LogP contribution in [0.15, 0.2) is 12.3 Å². The predicted octanol–water partition coefficient (Wildman–Crippen LogP) is 0.219. The largest absolute Gasteiger partial charge is 0.334 e. The molecule has 3 N–H and O–H groups in total. The van der Waals surface area contributed by atoms with Crippen LogP contribution in [0.1, 0.15) is 23.8 Å². The van der Waals surface area contributed by atoms with Gasteiger partial charge in [-0.25, -0.2) is 0 Å². The zero-order chi connectivity index (χ0) is 10.8. The number of likely N-dealkylation sites (tertiary alicyclic amines) is 1. The molecule has 0 aliphatic carbocycles. The molecule has 0 radical (unpaired) electrons. The number of rotatable bonds is 2. The Morgan fingerprint density at radius 1 is 1.80 bits per heavy atom. The van der Waals surface area contributed by atoms with Crippen LogP contribution in [0.25, 0.3) is 0 Å². The molecule has 1 saturated heterocycles. The lowest BCUT2D eigenvalue weighted by atomic mass is 10.1. The van der Waals surface area contributed by atoms with E-state index in [9.17, 15) is 4.79 Å². The zero-order valence-corrected chi connectivity index (χ0v) is 8.81. The van der Waals surface area contributed by atoms with E-state index in [-0.39, 0.29) is 11.9 Å². The average Bonchev–Trinajstić information content (AvgIpc) is 2.85. The number of nitrogens with one attached hydrogen (secondary N) is 1. The van der Waals surface area contributed by atoms with Gasteiger partial charge in [-0.3, -0.25) is 9.89 Å². The Morgan fingerprint density at radius 2 is 2.60 bits per heavy atom. The number of hydrogen-bond acceptors (Lipinski definition) is 3. The molecule has 0 saturated carbocycles. The van der Waals surface area contributed by atoms with Crippen LogP contribution < -0.4 is 5.73 Å². The number of aromatic nitrogens is 2. The Balaban J connectivity index is 2.09. The highest BCUT2D eigenvalue weighted by molar-refractivity contribution is 5.92. The van der Waals surface area contributed by atoms with Gasteiger partial charge in [-0.05, 0) is 31.9 Å². The number of hydrogen-bond donors (Lipinski definition) is 2. The highest BCUT2D eigenvalue weighted by atomic mass is 16.2. The molecule has 2 rings (SSSR count). The Kier molecular flexibility index (Phi) is 2.73. The Hall–Kier alpha value is -1.36. The highest BCUT2D eigenvalue weighted by Crippen LogP contribution is 2.23. The van der Waals surface area contributed by atoms with E-state index in [1.807, 2.05) is 4.90 Å². The fraction of sp³-hybridized carbons (Fsp3) is 0.600. The van der Waals surface area contributed by atoms with Crippen LogP contribution in [0.5, 0.6) is 0 Å². The van der Waals surface area contributed by atoms with Gasteiger partial charge in [-0.1, -0.05) is 0 Å². The van der Waals surface area contributed by atoms with Gasteiger partial charge >= 0.3 is 0 Å². The van der Waals surface area contributed by atoms with Crippen LogP contribution in [0.2, 0.25) is 0 Å². The van der Waals surface area contributed by atoms with E-state index in [1.54, 1.807) is 12.3 Å². The van der Waals surface area contributed by atoms with Crippen molar-refractivity contribution in [3.05, 3.63) is 18.0 Å². The molecule has 2 unspecified atom stereocenters. The summed E-state index contributed by atoms with van der Waals surface area (Å²) in [6.45, 7) is 3.47. The van der Waals surface area contributed by atoms with E-state index in [0.29, 0.717) is 18.2 Å². The van der Waals surface area contributed by atoms with E-state index >= 15 is 0 Å². The van der Waals surface area contributed by atoms with Gasteiger partial charge in [-0.2, -0.15) is 5.10 Å². The summed E-state index contributed by atoms with van der Waals surface area (Å²) in [4.78, 5) is 13.9. The van der Waals surface area contributed by atoms with Crippen molar-refractivity contribution in [1.82, 2.24) is 15.1 Å². The molecule has 1 aromatic rings. The van der Waals surface area contributed by atoms with Gasteiger partial charge in [0.1, 0.15) is 5.69 Å². The third kappa shape index (κ3) is 1.87.